The van der Waals surface area contributed by atoms with Gasteiger partial charge in [-0.2, -0.15) is 0 Å². The zero-order valence-electron chi connectivity index (χ0n) is 27.4. The van der Waals surface area contributed by atoms with Crippen LogP contribution in [0.15, 0.2) is 158 Å². The minimum Gasteiger partial charge on any atom is -0.0801 e. The lowest BCUT2D eigenvalue weighted by Gasteiger charge is -2.23. The van der Waals surface area contributed by atoms with E-state index in [1.165, 1.54) is 90.7 Å². The second-order valence-corrected chi connectivity index (χ2v) is 14.0. The molecule has 48 heavy (non-hydrogen) atoms. The fraction of sp³-hybridized carbons (Fsp3) is 0.167. The van der Waals surface area contributed by atoms with E-state index in [0.717, 1.165) is 25.7 Å². The average Bonchev–Trinajstić information content (AvgIpc) is 3.18. The van der Waals surface area contributed by atoms with Crippen LogP contribution >= 0.6 is 0 Å². The Morgan fingerprint density at radius 1 is 0.271 bits per heavy atom. The number of hydrogen-bond donors (Lipinski definition) is 0. The predicted octanol–water partition coefficient (Wildman–Crippen LogP) is 13.4. The molecule has 0 saturated carbocycles. The van der Waals surface area contributed by atoms with Gasteiger partial charge in [-0.15, -0.1) is 0 Å². The van der Waals surface area contributed by atoms with Crippen molar-refractivity contribution in [3.8, 4) is 44.5 Å². The molecule has 0 nitrogen and oxygen atoms in total. The van der Waals surface area contributed by atoms with Crippen LogP contribution < -0.4 is 0 Å². The van der Waals surface area contributed by atoms with E-state index in [1.807, 2.05) is 0 Å². The first kappa shape index (κ1) is 29.0. The molecule has 16 bridgehead atoms. The van der Waals surface area contributed by atoms with Crippen molar-refractivity contribution in [2.75, 3.05) is 0 Å². The lowest BCUT2D eigenvalue weighted by molar-refractivity contribution is 0.626. The lowest BCUT2D eigenvalue weighted by atomic mass is 9.82. The molecule has 24 aliphatic carbocycles. The maximum atomic E-state index is 2.48. The third kappa shape index (κ3) is 5.67. The molecule has 6 aromatic carbocycles. The molecule has 232 valence electrons. The van der Waals surface area contributed by atoms with Crippen LogP contribution in [0.4, 0.5) is 0 Å². The van der Waals surface area contributed by atoms with Crippen molar-refractivity contribution in [3.63, 3.8) is 0 Å². The van der Waals surface area contributed by atoms with E-state index < -0.39 is 0 Å². The first-order valence-electron chi connectivity index (χ1n) is 17.7. The fourth-order valence-electron chi connectivity index (χ4n) is 8.16. The molecule has 2 atom stereocenters. The van der Waals surface area contributed by atoms with Gasteiger partial charge in [0.15, 0.2) is 0 Å². The Labute approximate surface area is 285 Å². The van der Waals surface area contributed by atoms with Crippen LogP contribution in [-0.2, 0) is 0 Å². The fourth-order valence-corrected chi connectivity index (χ4v) is 8.16. The van der Waals surface area contributed by atoms with E-state index in [1.54, 1.807) is 0 Å². The molecule has 0 heteroatoms. The topological polar surface area (TPSA) is 0 Å². The van der Waals surface area contributed by atoms with Gasteiger partial charge >= 0.3 is 0 Å². The van der Waals surface area contributed by atoms with Gasteiger partial charge in [0, 0.05) is 0 Å². The molecule has 0 aliphatic heterocycles. The van der Waals surface area contributed by atoms with Gasteiger partial charge in [-0.25, -0.2) is 0 Å². The van der Waals surface area contributed by atoms with Crippen molar-refractivity contribution in [3.05, 3.63) is 180 Å². The van der Waals surface area contributed by atoms with E-state index in [2.05, 4.69) is 158 Å². The zero-order valence-corrected chi connectivity index (χ0v) is 27.4. The molecule has 2 unspecified atom stereocenters. The van der Waals surface area contributed by atoms with Crippen LogP contribution in [0.5, 0.6) is 0 Å². The third-order valence-electron chi connectivity index (χ3n) is 11.2. The highest BCUT2D eigenvalue weighted by Gasteiger charge is 2.19. The second kappa shape index (κ2) is 12.4. The van der Waals surface area contributed by atoms with E-state index in [-0.39, 0.29) is 0 Å². The highest BCUT2D eigenvalue weighted by atomic mass is 14.2. The monoisotopic (exact) mass is 616 g/mol. The summed E-state index contributed by atoms with van der Waals surface area (Å²) in [5.41, 5.74) is 18.8. The van der Waals surface area contributed by atoms with E-state index in [0.29, 0.717) is 11.8 Å². The Morgan fingerprint density at radius 3 is 0.729 bits per heavy atom. The maximum Gasteiger partial charge on any atom is -0.0124 e. The van der Waals surface area contributed by atoms with Crippen molar-refractivity contribution in [1.29, 1.82) is 0 Å². The summed E-state index contributed by atoms with van der Waals surface area (Å²) < 4.78 is 0. The minimum absolute atomic E-state index is 0.585. The Hall–Kier alpha value is -5.20. The minimum atomic E-state index is 0.585. The van der Waals surface area contributed by atoms with Crippen LogP contribution in [0, 0.1) is 0 Å². The highest BCUT2D eigenvalue weighted by molar-refractivity contribution is 5.75. The Morgan fingerprint density at radius 2 is 0.500 bits per heavy atom. The summed E-state index contributed by atoms with van der Waals surface area (Å²) in [4.78, 5) is 0. The third-order valence-corrected chi connectivity index (χ3v) is 11.2. The Bertz CT molecular complexity index is 1950. The van der Waals surface area contributed by atoms with Crippen LogP contribution in [-0.4, -0.2) is 0 Å². The normalized spacial score (nSPS) is 18.2. The van der Waals surface area contributed by atoms with E-state index >= 15 is 0 Å². The van der Waals surface area contributed by atoms with Gasteiger partial charge in [-0.3, -0.25) is 0 Å². The Balaban J connectivity index is 1.03. The van der Waals surface area contributed by atoms with Gasteiger partial charge in [0.2, 0.25) is 0 Å². The summed E-state index contributed by atoms with van der Waals surface area (Å²) in [6, 6.07) is 55.2. The molecule has 0 heterocycles. The van der Waals surface area contributed by atoms with E-state index in [9.17, 15) is 0 Å². The van der Waals surface area contributed by atoms with Crippen molar-refractivity contribution in [2.24, 2.45) is 0 Å². The van der Waals surface area contributed by atoms with Crippen molar-refractivity contribution in [2.45, 2.75) is 50.4 Å². The summed E-state index contributed by atoms with van der Waals surface area (Å²) in [5, 5.41) is 0. The van der Waals surface area contributed by atoms with Gasteiger partial charge < -0.3 is 0 Å². The van der Waals surface area contributed by atoms with Gasteiger partial charge in [-0.1, -0.05) is 158 Å². The lowest BCUT2D eigenvalue weighted by Crippen LogP contribution is -2.04. The molecule has 0 radical (unpaired) electrons. The van der Waals surface area contributed by atoms with Gasteiger partial charge in [0.25, 0.3) is 0 Å². The standard InChI is InChI=1S/C48H40/c1-2-34-4-3-33(1)35-5-7-37(8-6-35)39-13-15-41(16-14-39)43-21-23-45(24-22-43)47-29-31-48(32-30-47)46-27-25-44(26-28-46)42-19-17-40(18-20-42)38-11-9-36(34)10-12-38/h1-13,19,21-32,40-41H,14-18,20H2. The molecule has 0 saturated heterocycles. The molecule has 30 rings (SSSR count). The van der Waals surface area contributed by atoms with Crippen LogP contribution in [0.25, 0.3) is 55.7 Å². The summed E-state index contributed by atoms with van der Waals surface area (Å²) in [7, 11) is 0. The van der Waals surface area contributed by atoms with Gasteiger partial charge in [0.05, 0.1) is 0 Å². The maximum absolute atomic E-state index is 2.48. The average molecular weight is 617 g/mol. The van der Waals surface area contributed by atoms with Crippen molar-refractivity contribution in [1.82, 2.24) is 0 Å². The SMILES string of the molecule is C1=C2CCC(C1)c1ccc(cc1)-c1ccc(cc1)-c1ccc(cc1)C1=CCC(CC1)c1ccc(cc1)-c1ccc(cc1)-c1ccc2cc1. The summed E-state index contributed by atoms with van der Waals surface area (Å²) >= 11 is 0. The molecular formula is C48H40. The van der Waals surface area contributed by atoms with Gasteiger partial charge in [0.1, 0.15) is 0 Å². The quantitative estimate of drug-likeness (QED) is 0.159. The molecule has 0 aromatic heterocycles. The first-order valence-corrected chi connectivity index (χ1v) is 17.7. The van der Waals surface area contributed by atoms with Crippen LogP contribution in [0.3, 0.4) is 0 Å². The van der Waals surface area contributed by atoms with Gasteiger partial charge in [-0.05, 0) is 128 Å². The largest absolute Gasteiger partial charge is 0.0801 e. The van der Waals surface area contributed by atoms with E-state index in [4.69, 9.17) is 0 Å². The Kier molecular flexibility index (Phi) is 7.51. The molecule has 0 amide bonds. The second-order valence-electron chi connectivity index (χ2n) is 14.0. The first-order chi connectivity index (χ1) is 23.7. The van der Waals surface area contributed by atoms with Crippen LogP contribution in [0.1, 0.15) is 72.6 Å². The highest BCUT2D eigenvalue weighted by Crippen LogP contribution is 2.39. The number of allylic oxidation sites excluding steroid dienone is 4. The molecule has 0 fully saturated rings. The molecule has 0 spiro atoms. The van der Waals surface area contributed by atoms with Crippen molar-refractivity contribution >= 4 is 11.1 Å². The predicted molar refractivity (Wildman–Crippen MR) is 204 cm³/mol. The number of rotatable bonds is 0. The van der Waals surface area contributed by atoms with Crippen molar-refractivity contribution < 1.29 is 0 Å². The smallest absolute Gasteiger partial charge is 0.0124 e. The summed E-state index contributed by atoms with van der Waals surface area (Å²) in [5.74, 6) is 1.17. The molecule has 0 N–H and O–H groups in total. The number of hydrogen-bond acceptors (Lipinski definition) is 0. The molecule has 6 aromatic rings. The summed E-state index contributed by atoms with van der Waals surface area (Å²) in [6.07, 6.45) is 11.8. The zero-order chi connectivity index (χ0) is 31.9. The van der Waals surface area contributed by atoms with Crippen LogP contribution in [0.2, 0.25) is 0 Å². The summed E-state index contributed by atoms with van der Waals surface area (Å²) in [6.45, 7) is 0. The molecule has 24 aliphatic rings. The number of benzene rings is 6. The molecular weight excluding hydrogens is 577 g/mol.